The lowest BCUT2D eigenvalue weighted by atomic mass is 10.1. The Morgan fingerprint density at radius 1 is 1.17 bits per heavy atom. The van der Waals surface area contributed by atoms with Gasteiger partial charge in [0.05, 0.1) is 5.75 Å². The van der Waals surface area contributed by atoms with E-state index in [0.717, 1.165) is 18.7 Å². The van der Waals surface area contributed by atoms with Crippen molar-refractivity contribution >= 4 is 30.1 Å². The number of rotatable bonds is 5. The van der Waals surface area contributed by atoms with E-state index in [1.54, 1.807) is 11.8 Å². The zero-order valence-corrected chi connectivity index (χ0v) is 14.7. The number of carbonyl (C=O) groups is 1. The summed E-state index contributed by atoms with van der Waals surface area (Å²) in [6.45, 7) is 4.55. The van der Waals surface area contributed by atoms with Crippen molar-refractivity contribution in [3.8, 4) is 0 Å². The van der Waals surface area contributed by atoms with Crippen molar-refractivity contribution in [2.75, 3.05) is 5.75 Å². The molecule has 3 rings (SSSR count). The van der Waals surface area contributed by atoms with E-state index in [9.17, 15) is 4.79 Å². The maximum Gasteiger partial charge on any atom is 0.230 e. The molecule has 2 aromatic carbocycles. The van der Waals surface area contributed by atoms with E-state index in [1.165, 1.54) is 21.6 Å². The molecule has 3 nitrogen and oxygen atoms in total. The predicted molar refractivity (Wildman–Crippen MR) is 98.0 cm³/mol. The van der Waals surface area contributed by atoms with Crippen LogP contribution in [0.3, 0.4) is 0 Å². The summed E-state index contributed by atoms with van der Waals surface area (Å²) < 4.78 is 0. The second-order valence-corrected chi connectivity index (χ2v) is 6.55. The number of fused-ring (bicyclic) bond motifs is 1. The highest BCUT2D eigenvalue weighted by Gasteiger charge is 2.10. The van der Waals surface area contributed by atoms with Gasteiger partial charge in [-0.25, -0.2) is 0 Å². The highest BCUT2D eigenvalue weighted by Crippen LogP contribution is 2.21. The third-order valence-electron chi connectivity index (χ3n) is 3.84. The van der Waals surface area contributed by atoms with Gasteiger partial charge in [-0.1, -0.05) is 36.4 Å². The number of amides is 1. The summed E-state index contributed by atoms with van der Waals surface area (Å²) in [4.78, 5) is 13.2. The Kier molecular flexibility index (Phi) is 6.51. The Morgan fingerprint density at radius 3 is 2.78 bits per heavy atom. The van der Waals surface area contributed by atoms with Crippen molar-refractivity contribution in [3.05, 3.63) is 64.7 Å². The number of halogens is 1. The van der Waals surface area contributed by atoms with Gasteiger partial charge in [0.1, 0.15) is 0 Å². The summed E-state index contributed by atoms with van der Waals surface area (Å²) in [7, 11) is 0. The molecule has 0 bridgehead atoms. The van der Waals surface area contributed by atoms with Crippen LogP contribution in [-0.4, -0.2) is 11.7 Å². The van der Waals surface area contributed by atoms with Gasteiger partial charge in [-0.3, -0.25) is 4.79 Å². The Bertz CT molecular complexity index is 690. The molecule has 0 radical (unpaired) electrons. The fraction of sp³-hybridized carbons (Fsp3) is 0.278. The smallest absolute Gasteiger partial charge is 0.230 e. The molecule has 1 heterocycles. The van der Waals surface area contributed by atoms with Crippen LogP contribution < -0.4 is 10.6 Å². The van der Waals surface area contributed by atoms with Crippen LogP contribution in [0.2, 0.25) is 0 Å². The number of nitrogens with one attached hydrogen (secondary N) is 2. The molecule has 1 amide bonds. The lowest BCUT2D eigenvalue weighted by molar-refractivity contribution is -0.118. The van der Waals surface area contributed by atoms with Gasteiger partial charge < -0.3 is 10.6 Å². The molecule has 2 aromatic rings. The molecule has 0 saturated carbocycles. The first kappa shape index (κ1) is 17.9. The molecule has 0 spiro atoms. The third kappa shape index (κ3) is 4.74. The standard InChI is InChI=1S/C18H20N2OS.ClH/c1-13-4-2-3-5-17(13)22-12-18(21)20-9-14-6-7-15-10-19-11-16(15)8-14;/h2-8,19H,9-12H2,1H3,(H,20,21);1H. The number of benzene rings is 2. The van der Waals surface area contributed by atoms with Crippen LogP contribution in [0.5, 0.6) is 0 Å². The van der Waals surface area contributed by atoms with Gasteiger partial charge in [0.2, 0.25) is 5.91 Å². The van der Waals surface area contributed by atoms with E-state index in [4.69, 9.17) is 0 Å². The molecule has 2 N–H and O–H groups in total. The average Bonchev–Trinajstić information content (AvgIpc) is 2.99. The van der Waals surface area contributed by atoms with E-state index < -0.39 is 0 Å². The first-order valence-corrected chi connectivity index (χ1v) is 8.47. The molecule has 0 unspecified atom stereocenters. The Morgan fingerprint density at radius 2 is 1.96 bits per heavy atom. The topological polar surface area (TPSA) is 41.1 Å². The lowest BCUT2D eigenvalue weighted by Gasteiger charge is -2.08. The zero-order chi connectivity index (χ0) is 15.4. The van der Waals surface area contributed by atoms with Crippen molar-refractivity contribution in [3.63, 3.8) is 0 Å². The quantitative estimate of drug-likeness (QED) is 0.813. The highest BCUT2D eigenvalue weighted by atomic mass is 35.5. The van der Waals surface area contributed by atoms with E-state index in [2.05, 4.69) is 47.9 Å². The van der Waals surface area contributed by atoms with Crippen LogP contribution in [-0.2, 0) is 24.4 Å². The molecule has 0 saturated heterocycles. The van der Waals surface area contributed by atoms with E-state index >= 15 is 0 Å². The van der Waals surface area contributed by atoms with Crippen molar-refractivity contribution in [2.24, 2.45) is 0 Å². The third-order valence-corrected chi connectivity index (χ3v) is 5.02. The highest BCUT2D eigenvalue weighted by molar-refractivity contribution is 8.00. The van der Waals surface area contributed by atoms with Gasteiger partial charge in [0, 0.05) is 24.5 Å². The van der Waals surface area contributed by atoms with E-state index in [0.29, 0.717) is 12.3 Å². The van der Waals surface area contributed by atoms with Crippen molar-refractivity contribution in [1.29, 1.82) is 0 Å². The Balaban J connectivity index is 0.00000192. The second-order valence-electron chi connectivity index (χ2n) is 5.54. The van der Waals surface area contributed by atoms with Gasteiger partial charge in [-0.05, 0) is 35.2 Å². The van der Waals surface area contributed by atoms with Crippen LogP contribution in [0.4, 0.5) is 0 Å². The summed E-state index contributed by atoms with van der Waals surface area (Å²) >= 11 is 1.59. The van der Waals surface area contributed by atoms with Crippen LogP contribution in [0.1, 0.15) is 22.3 Å². The molecule has 1 aliphatic rings. The van der Waals surface area contributed by atoms with E-state index in [-0.39, 0.29) is 18.3 Å². The minimum Gasteiger partial charge on any atom is -0.351 e. The van der Waals surface area contributed by atoms with Crippen molar-refractivity contribution in [1.82, 2.24) is 10.6 Å². The number of aryl methyl sites for hydroxylation is 1. The van der Waals surface area contributed by atoms with Crippen LogP contribution in [0, 0.1) is 6.92 Å². The number of hydrogen-bond donors (Lipinski definition) is 2. The fourth-order valence-corrected chi connectivity index (χ4v) is 3.43. The zero-order valence-electron chi connectivity index (χ0n) is 13.1. The lowest BCUT2D eigenvalue weighted by Crippen LogP contribution is -2.24. The predicted octanol–water partition coefficient (Wildman–Crippen LogP) is 3.43. The molecule has 0 fully saturated rings. The molecule has 5 heteroatoms. The molecule has 0 aromatic heterocycles. The first-order chi connectivity index (χ1) is 10.7. The van der Waals surface area contributed by atoms with E-state index in [1.807, 2.05) is 12.1 Å². The maximum absolute atomic E-state index is 12.0. The number of thioether (sulfide) groups is 1. The Labute approximate surface area is 147 Å². The van der Waals surface area contributed by atoms with Gasteiger partial charge >= 0.3 is 0 Å². The summed E-state index contributed by atoms with van der Waals surface area (Å²) in [6, 6.07) is 14.6. The number of hydrogen-bond acceptors (Lipinski definition) is 3. The maximum atomic E-state index is 12.0. The van der Waals surface area contributed by atoms with Gasteiger partial charge in [0.25, 0.3) is 0 Å². The monoisotopic (exact) mass is 348 g/mol. The van der Waals surface area contributed by atoms with Crippen LogP contribution >= 0.6 is 24.2 Å². The van der Waals surface area contributed by atoms with Gasteiger partial charge in [-0.2, -0.15) is 0 Å². The number of carbonyl (C=O) groups excluding carboxylic acids is 1. The SMILES string of the molecule is Cc1ccccc1SCC(=O)NCc1ccc2c(c1)CNC2.Cl. The van der Waals surface area contributed by atoms with Crippen LogP contribution in [0.15, 0.2) is 47.4 Å². The molecule has 1 aliphatic heterocycles. The average molecular weight is 349 g/mol. The molecule has 122 valence electrons. The summed E-state index contributed by atoms with van der Waals surface area (Å²) in [5.41, 5.74) is 5.09. The normalized spacial score (nSPS) is 12.4. The molecule has 0 atom stereocenters. The van der Waals surface area contributed by atoms with Crippen molar-refractivity contribution in [2.45, 2.75) is 31.5 Å². The fourth-order valence-electron chi connectivity index (χ4n) is 2.57. The second kappa shape index (κ2) is 8.39. The van der Waals surface area contributed by atoms with Crippen molar-refractivity contribution < 1.29 is 4.79 Å². The van der Waals surface area contributed by atoms with Gasteiger partial charge in [-0.15, -0.1) is 24.2 Å². The molecular weight excluding hydrogens is 328 g/mol. The minimum atomic E-state index is 0. The Hall–Kier alpha value is -1.49. The molecular formula is C18H21ClN2OS. The van der Waals surface area contributed by atoms with Crippen LogP contribution in [0.25, 0.3) is 0 Å². The van der Waals surface area contributed by atoms with Gasteiger partial charge in [0.15, 0.2) is 0 Å². The first-order valence-electron chi connectivity index (χ1n) is 7.49. The summed E-state index contributed by atoms with van der Waals surface area (Å²) in [6.07, 6.45) is 0. The molecule has 23 heavy (non-hydrogen) atoms. The largest absolute Gasteiger partial charge is 0.351 e. The summed E-state index contributed by atoms with van der Waals surface area (Å²) in [5.74, 6) is 0.532. The summed E-state index contributed by atoms with van der Waals surface area (Å²) in [5, 5.41) is 6.33. The molecule has 0 aliphatic carbocycles. The minimum absolute atomic E-state index is 0.